The second-order valence-corrected chi connectivity index (χ2v) is 17.3. The largest absolute Gasteiger partial charge is 0.462 e. The molecule has 0 aromatic carbocycles. The fourth-order valence-corrected chi connectivity index (χ4v) is 7.55. The highest BCUT2D eigenvalue weighted by atomic mass is 16.7. The van der Waals surface area contributed by atoms with E-state index < -0.39 is 49.4 Å². The number of hydrogen-bond donors (Lipinski definition) is 4. The minimum atomic E-state index is -1.60. The van der Waals surface area contributed by atoms with Gasteiger partial charge >= 0.3 is 11.9 Å². The predicted molar refractivity (Wildman–Crippen MR) is 247 cm³/mol. The molecule has 1 fully saturated rings. The summed E-state index contributed by atoms with van der Waals surface area (Å²) in [6.07, 6.45) is 41.5. The van der Waals surface area contributed by atoms with Crippen molar-refractivity contribution in [3.05, 3.63) is 36.5 Å². The molecule has 356 valence electrons. The van der Waals surface area contributed by atoms with Gasteiger partial charge in [-0.05, 0) is 51.4 Å². The molecule has 10 nitrogen and oxygen atoms in total. The van der Waals surface area contributed by atoms with Crippen LogP contribution in [0.5, 0.6) is 0 Å². The van der Waals surface area contributed by atoms with Crippen LogP contribution in [0.2, 0.25) is 0 Å². The molecule has 0 aromatic rings. The molecule has 1 aliphatic rings. The summed E-state index contributed by atoms with van der Waals surface area (Å²) in [5.41, 5.74) is 0. The van der Waals surface area contributed by atoms with Gasteiger partial charge < -0.3 is 39.4 Å². The number of allylic oxidation sites excluding steroid dienone is 6. The standard InChI is InChI=1S/C51H92O10/c1-3-5-7-9-11-13-15-17-19-21-22-24-25-27-29-31-33-35-37-39-46(53)58-42-44(43-59-51-50(57)49(56)48(55)45(41-52)61-51)60-47(54)40-38-36-34-32-30-28-26-23-20-18-16-14-12-10-8-6-4-2/h12,14,18,20,26,28,44-45,48-52,55-57H,3-11,13,15-17,19,21-25,27,29-43H2,1-2H3/b14-12+,20-18+,28-26+/t44-,45-,48+,49?,50?,51-/m0/s1. The number of aliphatic hydroxyl groups excluding tert-OH is 4. The predicted octanol–water partition coefficient (Wildman–Crippen LogP) is 11.4. The van der Waals surface area contributed by atoms with Crippen LogP contribution in [0.1, 0.15) is 219 Å². The Bertz CT molecular complexity index is 1090. The second-order valence-electron chi connectivity index (χ2n) is 17.3. The topological polar surface area (TPSA) is 152 Å². The highest BCUT2D eigenvalue weighted by Gasteiger charge is 2.44. The number of aliphatic hydroxyl groups is 4. The molecule has 0 bridgehead atoms. The summed E-state index contributed by atoms with van der Waals surface area (Å²) in [6, 6.07) is 0. The smallest absolute Gasteiger partial charge is 0.306 e. The molecule has 1 rings (SSSR count). The van der Waals surface area contributed by atoms with Crippen molar-refractivity contribution in [3.8, 4) is 0 Å². The lowest BCUT2D eigenvalue weighted by Crippen LogP contribution is -2.59. The summed E-state index contributed by atoms with van der Waals surface area (Å²) in [5, 5.41) is 40.2. The minimum Gasteiger partial charge on any atom is -0.462 e. The van der Waals surface area contributed by atoms with E-state index in [0.717, 1.165) is 57.8 Å². The monoisotopic (exact) mass is 865 g/mol. The van der Waals surface area contributed by atoms with Crippen molar-refractivity contribution in [2.45, 2.75) is 256 Å². The number of unbranched alkanes of at least 4 members (excludes halogenated alkanes) is 25. The maximum absolute atomic E-state index is 12.8. The van der Waals surface area contributed by atoms with E-state index in [4.69, 9.17) is 18.9 Å². The Kier molecular flexibility index (Phi) is 39.1. The van der Waals surface area contributed by atoms with Crippen LogP contribution in [0.15, 0.2) is 36.5 Å². The fourth-order valence-electron chi connectivity index (χ4n) is 7.55. The Morgan fingerprint density at radius 2 is 0.918 bits per heavy atom. The fraction of sp³-hybridized carbons (Fsp3) is 0.843. The Morgan fingerprint density at radius 1 is 0.508 bits per heavy atom. The van der Waals surface area contributed by atoms with Gasteiger partial charge in [0.1, 0.15) is 31.0 Å². The van der Waals surface area contributed by atoms with Gasteiger partial charge in [0.2, 0.25) is 0 Å². The molecular formula is C51H92O10. The van der Waals surface area contributed by atoms with Gasteiger partial charge in [0.15, 0.2) is 12.4 Å². The van der Waals surface area contributed by atoms with E-state index in [-0.39, 0.29) is 32.0 Å². The van der Waals surface area contributed by atoms with Crippen molar-refractivity contribution in [3.63, 3.8) is 0 Å². The molecule has 1 aliphatic heterocycles. The third-order valence-electron chi connectivity index (χ3n) is 11.5. The summed E-state index contributed by atoms with van der Waals surface area (Å²) >= 11 is 0. The Balaban J connectivity index is 2.28. The molecule has 0 aliphatic carbocycles. The van der Waals surface area contributed by atoms with E-state index in [2.05, 4.69) is 50.3 Å². The highest BCUT2D eigenvalue weighted by Crippen LogP contribution is 2.23. The molecule has 4 N–H and O–H groups in total. The van der Waals surface area contributed by atoms with E-state index in [9.17, 15) is 30.0 Å². The Morgan fingerprint density at radius 3 is 1.41 bits per heavy atom. The van der Waals surface area contributed by atoms with Crippen molar-refractivity contribution in [1.82, 2.24) is 0 Å². The molecule has 2 unspecified atom stereocenters. The van der Waals surface area contributed by atoms with E-state index >= 15 is 0 Å². The zero-order chi connectivity index (χ0) is 44.4. The first-order chi connectivity index (χ1) is 29.8. The number of ether oxygens (including phenoxy) is 4. The summed E-state index contributed by atoms with van der Waals surface area (Å²) in [4.78, 5) is 25.4. The van der Waals surface area contributed by atoms with Crippen molar-refractivity contribution >= 4 is 11.9 Å². The van der Waals surface area contributed by atoms with Crippen LogP contribution in [0.25, 0.3) is 0 Å². The number of carbonyl (C=O) groups excluding carboxylic acids is 2. The van der Waals surface area contributed by atoms with Gasteiger partial charge in [0, 0.05) is 12.8 Å². The highest BCUT2D eigenvalue weighted by molar-refractivity contribution is 5.70. The van der Waals surface area contributed by atoms with Crippen LogP contribution in [0, 0.1) is 0 Å². The van der Waals surface area contributed by atoms with Gasteiger partial charge in [-0.3, -0.25) is 9.59 Å². The van der Waals surface area contributed by atoms with Gasteiger partial charge in [-0.25, -0.2) is 0 Å². The molecule has 61 heavy (non-hydrogen) atoms. The van der Waals surface area contributed by atoms with Gasteiger partial charge in [-0.2, -0.15) is 0 Å². The number of rotatable bonds is 42. The summed E-state index contributed by atoms with van der Waals surface area (Å²) in [6.45, 7) is 3.40. The molecule has 6 atom stereocenters. The third kappa shape index (κ3) is 33.1. The quantitative estimate of drug-likeness (QED) is 0.0265. The molecule has 1 saturated heterocycles. The zero-order valence-electron chi connectivity index (χ0n) is 38.9. The molecule has 0 spiro atoms. The summed E-state index contributed by atoms with van der Waals surface area (Å²) in [7, 11) is 0. The van der Waals surface area contributed by atoms with Crippen molar-refractivity contribution < 1.29 is 49.0 Å². The molecule has 1 heterocycles. The molecular weight excluding hydrogens is 773 g/mol. The minimum absolute atomic E-state index is 0.206. The van der Waals surface area contributed by atoms with E-state index in [1.54, 1.807) is 0 Å². The van der Waals surface area contributed by atoms with Gasteiger partial charge in [0.05, 0.1) is 13.2 Å². The Labute approximate surface area is 372 Å². The van der Waals surface area contributed by atoms with Gasteiger partial charge in [-0.15, -0.1) is 0 Å². The second kappa shape index (κ2) is 41.9. The van der Waals surface area contributed by atoms with Crippen LogP contribution in [-0.4, -0.2) is 89.0 Å². The van der Waals surface area contributed by atoms with Crippen LogP contribution in [-0.2, 0) is 28.5 Å². The molecule has 0 amide bonds. The summed E-state index contributed by atoms with van der Waals surface area (Å²) in [5.74, 6) is -0.823. The van der Waals surface area contributed by atoms with Gasteiger partial charge in [0.25, 0.3) is 0 Å². The number of carbonyl (C=O) groups is 2. The van der Waals surface area contributed by atoms with Crippen molar-refractivity contribution in [1.29, 1.82) is 0 Å². The normalized spacial score (nSPS) is 20.0. The zero-order valence-corrected chi connectivity index (χ0v) is 38.9. The van der Waals surface area contributed by atoms with Crippen LogP contribution in [0.4, 0.5) is 0 Å². The van der Waals surface area contributed by atoms with E-state index in [0.29, 0.717) is 6.42 Å². The molecule has 0 saturated carbocycles. The lowest BCUT2D eigenvalue weighted by atomic mass is 9.99. The summed E-state index contributed by atoms with van der Waals surface area (Å²) < 4.78 is 22.2. The Hall–Kier alpha value is -2.08. The lowest BCUT2D eigenvalue weighted by molar-refractivity contribution is -0.305. The molecule has 0 aromatic heterocycles. The number of esters is 2. The number of hydrogen-bond acceptors (Lipinski definition) is 10. The average molecular weight is 865 g/mol. The average Bonchev–Trinajstić information content (AvgIpc) is 3.26. The van der Waals surface area contributed by atoms with Gasteiger partial charge in [-0.1, -0.05) is 192 Å². The van der Waals surface area contributed by atoms with Crippen molar-refractivity contribution in [2.24, 2.45) is 0 Å². The van der Waals surface area contributed by atoms with Crippen molar-refractivity contribution in [2.75, 3.05) is 19.8 Å². The first-order valence-electron chi connectivity index (χ1n) is 25.1. The maximum atomic E-state index is 12.8. The van der Waals surface area contributed by atoms with E-state index in [1.807, 2.05) is 0 Å². The first kappa shape index (κ1) is 56.9. The first-order valence-corrected chi connectivity index (χ1v) is 25.1. The maximum Gasteiger partial charge on any atom is 0.306 e. The van der Waals surface area contributed by atoms with E-state index in [1.165, 1.54) is 128 Å². The lowest BCUT2D eigenvalue weighted by Gasteiger charge is -2.39. The van der Waals surface area contributed by atoms with Crippen LogP contribution >= 0.6 is 0 Å². The molecule has 0 radical (unpaired) electrons. The van der Waals surface area contributed by atoms with Crippen LogP contribution < -0.4 is 0 Å². The molecule has 10 heteroatoms. The van der Waals surface area contributed by atoms with Crippen LogP contribution in [0.3, 0.4) is 0 Å². The third-order valence-corrected chi connectivity index (χ3v) is 11.5. The SMILES string of the molecule is CCCCC/C=C/C/C=C/C/C=C/CCCCCCC(=O)O[C@@H](COC(=O)CCCCCCCCCCCCCCCCCCCCC)CO[C@H]1O[C@@H](CO)[C@@H](O)C(O)C1O.